The number of amides is 1. The highest BCUT2D eigenvalue weighted by Crippen LogP contribution is 2.47. The van der Waals surface area contributed by atoms with Crippen LogP contribution in [0.25, 0.3) is 0 Å². The zero-order valence-corrected chi connectivity index (χ0v) is 14.6. The lowest BCUT2D eigenvalue weighted by Gasteiger charge is -2.49. The molecule has 1 aromatic rings. The van der Waals surface area contributed by atoms with Gasteiger partial charge in [0.2, 0.25) is 0 Å². The van der Waals surface area contributed by atoms with Gasteiger partial charge in [0.15, 0.2) is 0 Å². The molecular formula is C17H22ClN3O3. The molecule has 2 N–H and O–H groups in total. The summed E-state index contributed by atoms with van der Waals surface area (Å²) in [6, 6.07) is 1.66. The van der Waals surface area contributed by atoms with Crippen LogP contribution >= 0.6 is 11.6 Å². The van der Waals surface area contributed by atoms with Crippen molar-refractivity contribution in [1.29, 1.82) is 0 Å². The third-order valence-electron chi connectivity index (χ3n) is 5.40. The van der Waals surface area contributed by atoms with Gasteiger partial charge in [-0.25, -0.2) is 4.98 Å². The number of halogens is 1. The molecule has 2 bridgehead atoms. The first-order chi connectivity index (χ1) is 11.3. The number of carbonyl (C=O) groups is 1. The summed E-state index contributed by atoms with van der Waals surface area (Å²) >= 11 is 5.96. The summed E-state index contributed by atoms with van der Waals surface area (Å²) in [5.74, 6) is 0.370. The highest BCUT2D eigenvalue weighted by atomic mass is 35.5. The number of aliphatic hydroxyl groups is 1. The maximum atomic E-state index is 11.7. The fraction of sp³-hybridized carbons (Fsp3) is 0.647. The second-order valence-electron chi connectivity index (χ2n) is 7.60. The van der Waals surface area contributed by atoms with Crippen molar-refractivity contribution in [2.75, 3.05) is 5.32 Å². The van der Waals surface area contributed by atoms with Crippen molar-refractivity contribution >= 4 is 23.2 Å². The van der Waals surface area contributed by atoms with Crippen LogP contribution in [0, 0.1) is 22.7 Å². The predicted molar refractivity (Wildman–Crippen MR) is 92.0 cm³/mol. The fourth-order valence-corrected chi connectivity index (χ4v) is 4.82. The van der Waals surface area contributed by atoms with Crippen molar-refractivity contribution < 1.29 is 9.90 Å². The molecule has 2 aliphatic carbocycles. The van der Waals surface area contributed by atoms with E-state index in [4.69, 9.17) is 11.6 Å². The molecule has 24 heavy (non-hydrogen) atoms. The molecule has 0 saturated heterocycles. The van der Waals surface area contributed by atoms with E-state index >= 15 is 0 Å². The standard InChI is InChI=1S/C17H22ClN3O3/c1-9-3-10-4-11(7-17(2,23)6-10)15(9)20-13-5-14(18)19-8-12(13)16(22)21-24/h5,8-11,15,23H,3-4,6-7H2,1-2H3,(H,19,20)/t9-,10?,11-,15+,17-/m1/s1. The SMILES string of the molecule is C[C@@H]1CC2C[C@H](C[C@](C)(O)C2)[C@H]1Nc1cc(Cl)ncc1C(=O)N=O. The molecule has 0 aromatic carbocycles. The average Bonchev–Trinajstić information content (AvgIpc) is 2.49. The number of pyridine rings is 1. The van der Waals surface area contributed by atoms with E-state index in [0.717, 1.165) is 25.7 Å². The van der Waals surface area contributed by atoms with Crippen molar-refractivity contribution in [3.05, 3.63) is 27.9 Å². The first-order valence-corrected chi connectivity index (χ1v) is 8.69. The molecule has 1 heterocycles. The Morgan fingerprint density at radius 1 is 1.46 bits per heavy atom. The highest BCUT2D eigenvalue weighted by Gasteiger charge is 2.45. The maximum absolute atomic E-state index is 11.7. The minimum atomic E-state index is -0.862. The summed E-state index contributed by atoms with van der Waals surface area (Å²) in [4.78, 5) is 26.3. The Kier molecular flexibility index (Phi) is 4.62. The van der Waals surface area contributed by atoms with Crippen LogP contribution in [0.3, 0.4) is 0 Å². The first kappa shape index (κ1) is 17.3. The highest BCUT2D eigenvalue weighted by molar-refractivity contribution is 6.29. The molecule has 6 nitrogen and oxygen atoms in total. The molecule has 1 amide bonds. The number of rotatable bonds is 3. The van der Waals surface area contributed by atoms with Crippen LogP contribution in [0.2, 0.25) is 5.15 Å². The number of aromatic nitrogens is 1. The molecule has 2 aliphatic rings. The molecular weight excluding hydrogens is 330 g/mol. The topological polar surface area (TPSA) is 91.7 Å². The second-order valence-corrected chi connectivity index (χ2v) is 7.99. The Bertz CT molecular complexity index is 662. The summed E-state index contributed by atoms with van der Waals surface area (Å²) in [5, 5.41) is 16.6. The molecule has 3 rings (SSSR count). The van der Waals surface area contributed by atoms with Gasteiger partial charge in [-0.3, -0.25) is 4.79 Å². The minimum Gasteiger partial charge on any atom is -0.390 e. The molecule has 0 spiro atoms. The molecule has 5 atom stereocenters. The van der Waals surface area contributed by atoms with E-state index in [-0.39, 0.29) is 16.8 Å². The Balaban J connectivity index is 1.88. The van der Waals surface area contributed by atoms with E-state index in [1.165, 1.54) is 6.20 Å². The van der Waals surface area contributed by atoms with Gasteiger partial charge in [-0.2, -0.15) is 0 Å². The number of anilines is 1. The van der Waals surface area contributed by atoms with Crippen LogP contribution in [0.15, 0.2) is 17.4 Å². The molecule has 2 fully saturated rings. The Morgan fingerprint density at radius 2 is 2.21 bits per heavy atom. The Morgan fingerprint density at radius 3 is 2.92 bits per heavy atom. The van der Waals surface area contributed by atoms with Crippen LogP contribution in [0.1, 0.15) is 49.9 Å². The number of hydrogen-bond donors (Lipinski definition) is 2. The number of nitrogens with zero attached hydrogens (tertiary/aromatic N) is 2. The van der Waals surface area contributed by atoms with Crippen LogP contribution in [0.4, 0.5) is 5.69 Å². The largest absolute Gasteiger partial charge is 0.390 e. The minimum absolute atomic E-state index is 0.102. The summed E-state index contributed by atoms with van der Waals surface area (Å²) in [6.45, 7) is 4.08. The molecule has 0 radical (unpaired) electrons. The van der Waals surface area contributed by atoms with Gasteiger partial charge >= 0.3 is 5.91 Å². The average molecular weight is 352 g/mol. The van der Waals surface area contributed by atoms with Gasteiger partial charge in [0.1, 0.15) is 5.15 Å². The fourth-order valence-electron chi connectivity index (χ4n) is 4.66. The molecule has 1 unspecified atom stereocenters. The van der Waals surface area contributed by atoms with Crippen LogP contribution in [-0.2, 0) is 0 Å². The van der Waals surface area contributed by atoms with Crippen molar-refractivity contribution in [1.82, 2.24) is 4.98 Å². The Hall–Kier alpha value is -1.53. The lowest BCUT2D eigenvalue weighted by Crippen LogP contribution is -2.50. The van der Waals surface area contributed by atoms with Gasteiger partial charge in [-0.1, -0.05) is 18.5 Å². The smallest absolute Gasteiger partial charge is 0.320 e. The van der Waals surface area contributed by atoms with E-state index in [9.17, 15) is 14.8 Å². The zero-order chi connectivity index (χ0) is 17.5. The van der Waals surface area contributed by atoms with Crippen LogP contribution < -0.4 is 5.32 Å². The predicted octanol–water partition coefficient (Wildman–Crippen LogP) is 3.63. The normalized spacial score (nSPS) is 35.3. The zero-order valence-electron chi connectivity index (χ0n) is 13.8. The number of fused-ring (bicyclic) bond motifs is 2. The van der Waals surface area contributed by atoms with Gasteiger partial charge in [0.05, 0.1) is 16.9 Å². The van der Waals surface area contributed by atoms with E-state index < -0.39 is 11.5 Å². The second kappa shape index (κ2) is 6.41. The van der Waals surface area contributed by atoms with Gasteiger partial charge in [-0.05, 0) is 56.4 Å². The van der Waals surface area contributed by atoms with Crippen LogP contribution in [-0.4, -0.2) is 27.6 Å². The summed E-state index contributed by atoms with van der Waals surface area (Å²) in [7, 11) is 0. The summed E-state index contributed by atoms with van der Waals surface area (Å²) < 4.78 is 0. The van der Waals surface area contributed by atoms with E-state index in [2.05, 4.69) is 22.4 Å². The van der Waals surface area contributed by atoms with Crippen molar-refractivity contribution in [3.63, 3.8) is 0 Å². The summed E-state index contributed by atoms with van der Waals surface area (Å²) in [5.41, 5.74) is -0.0292. The van der Waals surface area contributed by atoms with Gasteiger partial charge in [0.25, 0.3) is 0 Å². The number of carbonyl (C=O) groups excluding carboxylic acids is 1. The third-order valence-corrected chi connectivity index (χ3v) is 5.61. The van der Waals surface area contributed by atoms with Crippen molar-refractivity contribution in [2.45, 2.75) is 51.2 Å². The van der Waals surface area contributed by atoms with Crippen molar-refractivity contribution in [3.8, 4) is 0 Å². The Labute approximate surface area is 146 Å². The maximum Gasteiger partial charge on any atom is 0.320 e. The van der Waals surface area contributed by atoms with E-state index in [1.807, 2.05) is 6.92 Å². The van der Waals surface area contributed by atoms with Crippen LogP contribution in [0.5, 0.6) is 0 Å². The lowest BCUT2D eigenvalue weighted by atomic mass is 9.61. The van der Waals surface area contributed by atoms with Crippen molar-refractivity contribution in [2.24, 2.45) is 22.9 Å². The molecule has 2 saturated carbocycles. The quantitative estimate of drug-likeness (QED) is 0.640. The van der Waals surface area contributed by atoms with E-state index in [1.54, 1.807) is 6.07 Å². The number of hydrogen-bond acceptors (Lipinski definition) is 5. The van der Waals surface area contributed by atoms with Gasteiger partial charge in [0, 0.05) is 17.4 Å². The monoisotopic (exact) mass is 351 g/mol. The summed E-state index contributed by atoms with van der Waals surface area (Å²) in [6.07, 6.45) is 4.94. The van der Waals surface area contributed by atoms with Gasteiger partial charge < -0.3 is 10.4 Å². The lowest BCUT2D eigenvalue weighted by molar-refractivity contribution is -0.0501. The molecule has 130 valence electrons. The molecule has 1 aromatic heterocycles. The number of nitroso groups, excluding NO2 is 1. The molecule has 0 aliphatic heterocycles. The van der Waals surface area contributed by atoms with Gasteiger partial charge in [-0.15, -0.1) is 4.91 Å². The first-order valence-electron chi connectivity index (χ1n) is 8.31. The van der Waals surface area contributed by atoms with E-state index in [0.29, 0.717) is 23.4 Å². The third kappa shape index (κ3) is 3.44. The molecule has 7 heteroatoms. The number of nitrogens with one attached hydrogen (secondary N) is 1.